The molecule has 96 valence electrons. The van der Waals surface area contributed by atoms with E-state index in [0.717, 1.165) is 11.1 Å². The molecule has 3 heteroatoms. The standard InChI is InChI=1S/C16H14O3/c1-11(16(18)19)15(17)14-10-6-5-9-13(14)12-7-3-2-4-8-12/h2-11H,1H3,(H,18,19). The zero-order valence-electron chi connectivity index (χ0n) is 10.5. The van der Waals surface area contributed by atoms with Gasteiger partial charge in [-0.05, 0) is 18.1 Å². The van der Waals surface area contributed by atoms with Crippen LogP contribution < -0.4 is 0 Å². The predicted octanol–water partition coefficient (Wildman–Crippen LogP) is 3.26. The number of ketones is 1. The Kier molecular flexibility index (Phi) is 3.76. The highest BCUT2D eigenvalue weighted by atomic mass is 16.4. The van der Waals surface area contributed by atoms with E-state index in [-0.39, 0.29) is 5.78 Å². The van der Waals surface area contributed by atoms with Gasteiger partial charge in [0.05, 0.1) is 0 Å². The van der Waals surface area contributed by atoms with Crippen LogP contribution in [0, 0.1) is 5.92 Å². The van der Waals surface area contributed by atoms with Gasteiger partial charge in [-0.1, -0.05) is 54.6 Å². The zero-order chi connectivity index (χ0) is 13.8. The van der Waals surface area contributed by atoms with Gasteiger partial charge in [-0.25, -0.2) is 0 Å². The molecule has 0 saturated heterocycles. The number of carbonyl (C=O) groups excluding carboxylic acids is 1. The summed E-state index contributed by atoms with van der Waals surface area (Å²) in [5.41, 5.74) is 2.12. The van der Waals surface area contributed by atoms with Crippen LogP contribution in [0.2, 0.25) is 0 Å². The molecule has 0 spiro atoms. The zero-order valence-corrected chi connectivity index (χ0v) is 10.5. The lowest BCUT2D eigenvalue weighted by Gasteiger charge is -2.11. The van der Waals surface area contributed by atoms with Gasteiger partial charge in [0.15, 0.2) is 5.78 Å². The normalized spacial score (nSPS) is 11.8. The molecule has 2 aromatic carbocycles. The topological polar surface area (TPSA) is 54.4 Å². The largest absolute Gasteiger partial charge is 0.481 e. The van der Waals surface area contributed by atoms with Gasteiger partial charge in [-0.15, -0.1) is 0 Å². The van der Waals surface area contributed by atoms with Crippen LogP contribution >= 0.6 is 0 Å². The van der Waals surface area contributed by atoms with E-state index in [2.05, 4.69) is 0 Å². The molecule has 2 rings (SSSR count). The molecule has 0 amide bonds. The summed E-state index contributed by atoms with van der Waals surface area (Å²) >= 11 is 0. The first-order valence-corrected chi connectivity index (χ1v) is 6.02. The fourth-order valence-corrected chi connectivity index (χ4v) is 1.91. The first kappa shape index (κ1) is 13.0. The minimum absolute atomic E-state index is 0.369. The Morgan fingerprint density at radius 2 is 1.53 bits per heavy atom. The molecule has 0 heterocycles. The summed E-state index contributed by atoms with van der Waals surface area (Å²) in [6.45, 7) is 1.41. The monoisotopic (exact) mass is 254 g/mol. The molecule has 0 aliphatic heterocycles. The van der Waals surface area contributed by atoms with Crippen molar-refractivity contribution in [2.75, 3.05) is 0 Å². The van der Waals surface area contributed by atoms with Gasteiger partial charge in [0.25, 0.3) is 0 Å². The Hall–Kier alpha value is -2.42. The van der Waals surface area contributed by atoms with E-state index in [1.165, 1.54) is 6.92 Å². The number of rotatable bonds is 4. The van der Waals surface area contributed by atoms with Crippen LogP contribution in [0.3, 0.4) is 0 Å². The highest BCUT2D eigenvalue weighted by Gasteiger charge is 2.24. The maximum Gasteiger partial charge on any atom is 0.314 e. The van der Waals surface area contributed by atoms with E-state index in [0.29, 0.717) is 5.56 Å². The van der Waals surface area contributed by atoms with Gasteiger partial charge in [0.1, 0.15) is 5.92 Å². The van der Waals surface area contributed by atoms with Gasteiger partial charge in [-0.2, -0.15) is 0 Å². The Balaban J connectivity index is 2.48. The molecule has 0 aromatic heterocycles. The van der Waals surface area contributed by atoms with E-state index in [9.17, 15) is 9.59 Å². The van der Waals surface area contributed by atoms with Gasteiger partial charge < -0.3 is 5.11 Å². The third-order valence-corrected chi connectivity index (χ3v) is 3.04. The minimum atomic E-state index is -1.10. The molecule has 19 heavy (non-hydrogen) atoms. The molecular formula is C16H14O3. The first-order chi connectivity index (χ1) is 9.11. The number of benzene rings is 2. The number of Topliss-reactive ketones (excluding diaryl/α,β-unsaturated/α-hetero) is 1. The Morgan fingerprint density at radius 1 is 0.947 bits per heavy atom. The third kappa shape index (κ3) is 2.71. The quantitative estimate of drug-likeness (QED) is 0.673. The molecule has 0 saturated carbocycles. The second-order valence-electron chi connectivity index (χ2n) is 4.34. The lowest BCUT2D eigenvalue weighted by molar-refractivity contribution is -0.139. The number of hydrogen-bond acceptors (Lipinski definition) is 2. The van der Waals surface area contributed by atoms with Crippen LogP contribution in [0.5, 0.6) is 0 Å². The van der Waals surface area contributed by atoms with Gasteiger partial charge in [0, 0.05) is 5.56 Å². The predicted molar refractivity (Wildman–Crippen MR) is 73.0 cm³/mol. The Morgan fingerprint density at radius 3 is 2.16 bits per heavy atom. The van der Waals surface area contributed by atoms with Crippen LogP contribution in [0.15, 0.2) is 54.6 Å². The van der Waals surface area contributed by atoms with E-state index in [4.69, 9.17) is 5.11 Å². The van der Waals surface area contributed by atoms with Crippen LogP contribution in [-0.2, 0) is 4.79 Å². The van der Waals surface area contributed by atoms with Crippen molar-refractivity contribution >= 4 is 11.8 Å². The summed E-state index contributed by atoms with van der Waals surface area (Å²) < 4.78 is 0. The molecule has 1 unspecified atom stereocenters. The molecule has 0 radical (unpaired) electrons. The highest BCUT2D eigenvalue weighted by Crippen LogP contribution is 2.25. The van der Waals surface area contributed by atoms with Crippen LogP contribution in [0.25, 0.3) is 11.1 Å². The fraction of sp³-hybridized carbons (Fsp3) is 0.125. The average Bonchev–Trinajstić information content (AvgIpc) is 2.46. The number of aliphatic carboxylic acids is 1. The van der Waals surface area contributed by atoms with Crippen LogP contribution in [-0.4, -0.2) is 16.9 Å². The molecule has 3 nitrogen and oxygen atoms in total. The Bertz CT molecular complexity index is 602. The molecule has 0 aliphatic carbocycles. The number of carboxylic acid groups (broad SMARTS) is 1. The number of hydrogen-bond donors (Lipinski definition) is 1. The molecule has 0 aliphatic rings. The average molecular weight is 254 g/mol. The molecule has 0 bridgehead atoms. The van der Waals surface area contributed by atoms with Crippen LogP contribution in [0.4, 0.5) is 0 Å². The van der Waals surface area contributed by atoms with Crippen molar-refractivity contribution in [1.82, 2.24) is 0 Å². The van der Waals surface area contributed by atoms with Crippen molar-refractivity contribution < 1.29 is 14.7 Å². The first-order valence-electron chi connectivity index (χ1n) is 6.02. The summed E-state index contributed by atoms with van der Waals surface area (Å²) in [5, 5.41) is 8.95. The van der Waals surface area contributed by atoms with Crippen molar-refractivity contribution in [2.24, 2.45) is 5.92 Å². The summed E-state index contributed by atoms with van der Waals surface area (Å²) in [6.07, 6.45) is 0. The molecule has 1 atom stereocenters. The van der Waals surface area contributed by atoms with Crippen LogP contribution in [0.1, 0.15) is 17.3 Å². The maximum atomic E-state index is 12.2. The summed E-state index contributed by atoms with van der Waals surface area (Å²) in [4.78, 5) is 23.1. The van der Waals surface area contributed by atoms with Crippen molar-refractivity contribution in [3.63, 3.8) is 0 Å². The van der Waals surface area contributed by atoms with E-state index in [1.54, 1.807) is 12.1 Å². The second-order valence-corrected chi connectivity index (χ2v) is 4.34. The molecule has 0 fully saturated rings. The van der Waals surface area contributed by atoms with Gasteiger partial charge in [0.2, 0.25) is 0 Å². The molecular weight excluding hydrogens is 240 g/mol. The van der Waals surface area contributed by atoms with E-state index < -0.39 is 11.9 Å². The minimum Gasteiger partial charge on any atom is -0.481 e. The second kappa shape index (κ2) is 5.48. The molecule has 2 aromatic rings. The third-order valence-electron chi connectivity index (χ3n) is 3.04. The van der Waals surface area contributed by atoms with Gasteiger partial charge >= 0.3 is 5.97 Å². The number of carboxylic acids is 1. The molecule has 1 N–H and O–H groups in total. The highest BCUT2D eigenvalue weighted by molar-refractivity contribution is 6.11. The van der Waals surface area contributed by atoms with Crippen molar-refractivity contribution in [1.29, 1.82) is 0 Å². The Labute approximate surface area is 111 Å². The van der Waals surface area contributed by atoms with Crippen molar-refractivity contribution in [2.45, 2.75) is 6.92 Å². The van der Waals surface area contributed by atoms with E-state index >= 15 is 0 Å². The van der Waals surface area contributed by atoms with Crippen molar-refractivity contribution in [3.8, 4) is 11.1 Å². The van der Waals surface area contributed by atoms with Gasteiger partial charge in [-0.3, -0.25) is 9.59 Å². The van der Waals surface area contributed by atoms with E-state index in [1.807, 2.05) is 42.5 Å². The summed E-state index contributed by atoms with van der Waals surface area (Å²) in [5.74, 6) is -2.51. The van der Waals surface area contributed by atoms with Crippen molar-refractivity contribution in [3.05, 3.63) is 60.2 Å². The SMILES string of the molecule is CC(C(=O)O)C(=O)c1ccccc1-c1ccccc1. The number of carbonyl (C=O) groups is 2. The fourth-order valence-electron chi connectivity index (χ4n) is 1.91. The lowest BCUT2D eigenvalue weighted by atomic mass is 9.92. The smallest absolute Gasteiger partial charge is 0.314 e. The summed E-state index contributed by atoms with van der Waals surface area (Å²) in [7, 11) is 0. The lowest BCUT2D eigenvalue weighted by Crippen LogP contribution is -2.21. The maximum absolute atomic E-state index is 12.2. The summed E-state index contributed by atoms with van der Waals surface area (Å²) in [6, 6.07) is 16.6.